The fourth-order valence-corrected chi connectivity index (χ4v) is 3.01. The topological polar surface area (TPSA) is 97.5 Å². The Balaban J connectivity index is 0.00000320. The van der Waals surface area contributed by atoms with Gasteiger partial charge in [0.05, 0.1) is 17.1 Å². The number of hydrogen-bond donors (Lipinski definition) is 3. The average Bonchev–Trinajstić information content (AvgIpc) is 2.72. The fraction of sp³-hybridized carbons (Fsp3) is 0.182. The molecule has 3 aromatic rings. The van der Waals surface area contributed by atoms with Gasteiger partial charge < -0.3 is 20.8 Å². The third kappa shape index (κ3) is 4.40. The molecule has 0 spiro atoms. The van der Waals surface area contributed by atoms with Gasteiger partial charge in [-0.3, -0.25) is 0 Å². The summed E-state index contributed by atoms with van der Waals surface area (Å²) in [7, 11) is 3.88. The predicted molar refractivity (Wildman–Crippen MR) is 120 cm³/mol. The zero-order valence-electron chi connectivity index (χ0n) is 16.9. The van der Waals surface area contributed by atoms with Crippen LogP contribution in [-0.4, -0.2) is 41.2 Å². The highest BCUT2D eigenvalue weighted by molar-refractivity contribution is 5.98. The van der Waals surface area contributed by atoms with E-state index in [9.17, 15) is 0 Å². The number of benzene rings is 1. The number of nitrogens with one attached hydrogen (secondary N) is 2. The Labute approximate surface area is 171 Å². The molecule has 0 atom stereocenters. The number of rotatable bonds is 6. The molecule has 0 fully saturated rings. The Kier molecular flexibility index (Phi) is 5.87. The van der Waals surface area contributed by atoms with Crippen LogP contribution in [-0.2, 0) is 0 Å². The second kappa shape index (κ2) is 8.52. The zero-order valence-corrected chi connectivity index (χ0v) is 16.9. The fourth-order valence-electron chi connectivity index (χ4n) is 3.01. The van der Waals surface area contributed by atoms with Gasteiger partial charge in [-0.05, 0) is 50.2 Å². The Bertz CT molecular complexity index is 1080. The van der Waals surface area contributed by atoms with Crippen molar-refractivity contribution in [2.45, 2.75) is 13.8 Å². The van der Waals surface area contributed by atoms with E-state index in [1.807, 2.05) is 68.4 Å². The van der Waals surface area contributed by atoms with Crippen LogP contribution < -0.4 is 10.2 Å². The van der Waals surface area contributed by atoms with E-state index in [2.05, 4.69) is 20.4 Å². The molecule has 0 saturated carbocycles. The van der Waals surface area contributed by atoms with Crippen LogP contribution in [0.15, 0.2) is 53.7 Å². The van der Waals surface area contributed by atoms with Gasteiger partial charge in [0.2, 0.25) is 0 Å². The summed E-state index contributed by atoms with van der Waals surface area (Å²) in [5, 5.41) is 23.6. The maximum Gasteiger partial charge on any atom is 0.130 e. The van der Waals surface area contributed by atoms with Gasteiger partial charge in [0.15, 0.2) is 0 Å². The summed E-state index contributed by atoms with van der Waals surface area (Å²) in [5.41, 5.74) is 5.97. The Morgan fingerprint density at radius 1 is 1.17 bits per heavy atom. The van der Waals surface area contributed by atoms with E-state index in [0.29, 0.717) is 17.2 Å². The number of hydrogen-bond acceptors (Lipinski definition) is 7. The molecule has 0 aliphatic heterocycles. The minimum Gasteiger partial charge on any atom is -0.411 e. The van der Waals surface area contributed by atoms with Crippen LogP contribution >= 0.6 is 0 Å². The summed E-state index contributed by atoms with van der Waals surface area (Å²) in [6.45, 7) is 3.64. The first-order chi connectivity index (χ1) is 13.9. The smallest absolute Gasteiger partial charge is 0.130 e. The van der Waals surface area contributed by atoms with Crippen molar-refractivity contribution in [2.24, 2.45) is 5.16 Å². The molecule has 0 amide bonds. The van der Waals surface area contributed by atoms with Crippen molar-refractivity contribution in [1.29, 1.82) is 5.41 Å². The van der Waals surface area contributed by atoms with Gasteiger partial charge in [-0.25, -0.2) is 9.97 Å². The summed E-state index contributed by atoms with van der Waals surface area (Å²) in [5.74, 6) is 0.708. The molecular weight excluding hydrogens is 364 g/mol. The van der Waals surface area contributed by atoms with Crippen LogP contribution in [0.5, 0.6) is 0 Å². The van der Waals surface area contributed by atoms with Crippen LogP contribution in [0.3, 0.4) is 0 Å². The van der Waals surface area contributed by atoms with Crippen molar-refractivity contribution >= 4 is 29.1 Å². The molecule has 1 aromatic carbocycles. The van der Waals surface area contributed by atoms with Crippen LogP contribution in [0.4, 0.5) is 17.2 Å². The van der Waals surface area contributed by atoms with E-state index in [1.165, 1.54) is 6.21 Å². The van der Waals surface area contributed by atoms with Gasteiger partial charge in [0.1, 0.15) is 11.5 Å². The van der Waals surface area contributed by atoms with Gasteiger partial charge in [0, 0.05) is 44.2 Å². The quantitative estimate of drug-likeness (QED) is 0.322. The Morgan fingerprint density at radius 2 is 1.93 bits per heavy atom. The molecule has 3 rings (SSSR count). The molecule has 29 heavy (non-hydrogen) atoms. The first-order valence-electron chi connectivity index (χ1n) is 9.16. The minimum atomic E-state index is 0. The van der Waals surface area contributed by atoms with E-state index in [4.69, 9.17) is 10.6 Å². The molecule has 0 aliphatic carbocycles. The van der Waals surface area contributed by atoms with E-state index in [-0.39, 0.29) is 1.43 Å². The molecule has 2 aromatic heterocycles. The van der Waals surface area contributed by atoms with Crippen molar-refractivity contribution in [3.63, 3.8) is 0 Å². The van der Waals surface area contributed by atoms with Crippen molar-refractivity contribution < 1.29 is 6.63 Å². The molecule has 0 aliphatic rings. The average molecular weight is 390 g/mol. The van der Waals surface area contributed by atoms with Crippen molar-refractivity contribution in [2.75, 3.05) is 24.3 Å². The van der Waals surface area contributed by atoms with E-state index < -0.39 is 0 Å². The lowest BCUT2D eigenvalue weighted by atomic mass is 10.0. The van der Waals surface area contributed by atoms with Crippen LogP contribution in [0, 0.1) is 12.3 Å². The molecule has 2 heterocycles. The first kappa shape index (κ1) is 20.0. The SMILES string of the molecule is C/C(=N/O)c1cccc(-c2cc(Nc3cccc(C)n3)c(C=N)c(N(C)C)c2)n1.[HH]. The second-order valence-corrected chi connectivity index (χ2v) is 6.88. The van der Waals surface area contributed by atoms with Crippen molar-refractivity contribution in [3.05, 3.63) is 65.5 Å². The highest BCUT2D eigenvalue weighted by atomic mass is 16.4. The van der Waals surface area contributed by atoms with E-state index in [0.717, 1.165) is 33.9 Å². The normalized spacial score (nSPS) is 11.2. The van der Waals surface area contributed by atoms with Crippen LogP contribution in [0.25, 0.3) is 11.3 Å². The lowest BCUT2D eigenvalue weighted by Gasteiger charge is -2.21. The van der Waals surface area contributed by atoms with Crippen molar-refractivity contribution in [1.82, 2.24) is 9.97 Å². The summed E-state index contributed by atoms with van der Waals surface area (Å²) in [6, 6.07) is 15.3. The molecule has 0 bridgehead atoms. The molecule has 7 heteroatoms. The van der Waals surface area contributed by atoms with Crippen LogP contribution in [0.1, 0.15) is 25.3 Å². The lowest BCUT2D eigenvalue weighted by Crippen LogP contribution is -2.13. The number of nitrogens with zero attached hydrogens (tertiary/aromatic N) is 4. The van der Waals surface area contributed by atoms with Crippen LogP contribution in [0.2, 0.25) is 0 Å². The highest BCUT2D eigenvalue weighted by Gasteiger charge is 2.14. The van der Waals surface area contributed by atoms with Gasteiger partial charge in [-0.2, -0.15) is 0 Å². The minimum absolute atomic E-state index is 0. The maximum atomic E-state index is 9.06. The van der Waals surface area contributed by atoms with E-state index >= 15 is 0 Å². The monoisotopic (exact) mass is 390 g/mol. The first-order valence-corrected chi connectivity index (χ1v) is 9.16. The Morgan fingerprint density at radius 3 is 2.59 bits per heavy atom. The van der Waals surface area contributed by atoms with Crippen molar-refractivity contribution in [3.8, 4) is 11.3 Å². The molecular formula is C22H26N6O. The number of pyridine rings is 2. The predicted octanol–water partition coefficient (Wildman–Crippen LogP) is 4.70. The molecule has 0 radical (unpaired) electrons. The summed E-state index contributed by atoms with van der Waals surface area (Å²) in [4.78, 5) is 11.1. The number of oxime groups is 1. The summed E-state index contributed by atoms with van der Waals surface area (Å²) >= 11 is 0. The maximum absolute atomic E-state index is 9.06. The second-order valence-electron chi connectivity index (χ2n) is 6.88. The van der Waals surface area contributed by atoms with Gasteiger partial charge in [0.25, 0.3) is 0 Å². The molecule has 3 N–H and O–H groups in total. The molecule has 7 nitrogen and oxygen atoms in total. The van der Waals surface area contributed by atoms with Gasteiger partial charge >= 0.3 is 0 Å². The molecule has 0 unspecified atom stereocenters. The van der Waals surface area contributed by atoms with Gasteiger partial charge in [-0.15, -0.1) is 0 Å². The largest absolute Gasteiger partial charge is 0.411 e. The number of aromatic nitrogens is 2. The molecule has 0 saturated heterocycles. The third-order valence-corrected chi connectivity index (χ3v) is 4.50. The third-order valence-electron chi connectivity index (χ3n) is 4.50. The van der Waals surface area contributed by atoms with E-state index in [1.54, 1.807) is 13.0 Å². The number of aryl methyl sites for hydroxylation is 1. The molecule has 150 valence electrons. The summed E-state index contributed by atoms with van der Waals surface area (Å²) in [6.07, 6.45) is 1.34. The zero-order chi connectivity index (χ0) is 21.0. The highest BCUT2D eigenvalue weighted by Crippen LogP contribution is 2.33. The number of anilines is 3. The Hall–Kier alpha value is -3.74. The van der Waals surface area contributed by atoms with Gasteiger partial charge in [-0.1, -0.05) is 17.3 Å². The summed E-state index contributed by atoms with van der Waals surface area (Å²) < 4.78 is 0. The standard InChI is InChI=1S/C22H24N6O.H2/c1-14-7-5-10-22(24-14)26-20-11-16(12-21(28(3)4)17(20)13-23)19-9-6-8-18(25-19)15(2)27-29;/h5-13,23,29H,1-4H3,(H,24,26);1H/b23-13?,27-15-;. The lowest BCUT2D eigenvalue weighted by molar-refractivity contribution is 0.319.